The van der Waals surface area contributed by atoms with Crippen molar-refractivity contribution in [2.75, 3.05) is 7.11 Å². The molecule has 0 aliphatic heterocycles. The van der Waals surface area contributed by atoms with E-state index in [-0.39, 0.29) is 17.9 Å². The molecule has 0 saturated carbocycles. The number of ether oxygens (including phenoxy) is 1. The molecule has 1 atom stereocenters. The third-order valence-electron chi connectivity index (χ3n) is 2.00. The van der Waals surface area contributed by atoms with Crippen molar-refractivity contribution in [2.45, 2.75) is 19.8 Å². The van der Waals surface area contributed by atoms with Gasteiger partial charge in [0.1, 0.15) is 5.75 Å². The number of aryl methyl sites for hydroxylation is 1. The van der Waals surface area contributed by atoms with E-state index in [0.29, 0.717) is 11.3 Å². The van der Waals surface area contributed by atoms with Gasteiger partial charge in [-0.1, -0.05) is 0 Å². The van der Waals surface area contributed by atoms with Crippen LogP contribution in [0.3, 0.4) is 0 Å². The summed E-state index contributed by atoms with van der Waals surface area (Å²) in [6.07, 6.45) is 0.144. The molecule has 14 heavy (non-hydrogen) atoms. The summed E-state index contributed by atoms with van der Waals surface area (Å²) < 4.78 is 4.67. The lowest BCUT2D eigenvalue weighted by Gasteiger charge is -2.15. The maximum Gasteiger partial charge on any atom is 0.184 e. The van der Waals surface area contributed by atoms with Crippen LogP contribution < -0.4 is 0 Å². The lowest BCUT2D eigenvalue weighted by molar-refractivity contribution is -0.0792. The Hall–Kier alpha value is -1.17. The Balaban J connectivity index is 3.27. The Morgan fingerprint density at radius 3 is 2.71 bits per heavy atom. The maximum absolute atomic E-state index is 9.60. The average Bonchev–Trinajstić information content (AvgIpc) is 2.20. The highest BCUT2D eigenvalue weighted by Gasteiger charge is 2.18. The second-order valence-electron chi connectivity index (χ2n) is 2.88. The first-order valence-corrected chi connectivity index (χ1v) is 4.10. The van der Waals surface area contributed by atoms with E-state index in [9.17, 15) is 10.2 Å². The van der Waals surface area contributed by atoms with E-state index in [2.05, 4.69) is 9.72 Å². The summed E-state index contributed by atoms with van der Waals surface area (Å²) in [6, 6.07) is 0. The largest absolute Gasteiger partial charge is 0.506 e. The van der Waals surface area contributed by atoms with Gasteiger partial charge >= 0.3 is 0 Å². The van der Waals surface area contributed by atoms with Gasteiger partial charge in [0.05, 0.1) is 17.9 Å². The molecular weight excluding hydrogens is 186 g/mol. The number of nitrogens with zero attached hydrogens (tertiary/aromatic N) is 1. The number of aliphatic hydroxyl groups excluding tert-OH is 2. The molecule has 0 aliphatic rings. The quantitative estimate of drug-likeness (QED) is 0.607. The van der Waals surface area contributed by atoms with Gasteiger partial charge in [-0.15, -0.1) is 0 Å². The van der Waals surface area contributed by atoms with Crippen LogP contribution in [-0.4, -0.2) is 27.4 Å². The number of aliphatic hydroxyl groups is 2. The summed E-state index contributed by atoms with van der Waals surface area (Å²) in [6.45, 7) is 1.29. The van der Waals surface area contributed by atoms with Crippen molar-refractivity contribution in [1.29, 1.82) is 0 Å². The SMILES string of the molecule is COC(O)c1c(CO)cnc(C)c1O. The molecule has 5 nitrogen and oxygen atoms in total. The summed E-state index contributed by atoms with van der Waals surface area (Å²) in [5.41, 5.74) is 0.901. The van der Waals surface area contributed by atoms with E-state index in [4.69, 9.17) is 5.11 Å². The van der Waals surface area contributed by atoms with Gasteiger partial charge in [0.2, 0.25) is 0 Å². The van der Waals surface area contributed by atoms with Crippen molar-refractivity contribution in [1.82, 2.24) is 4.98 Å². The zero-order valence-corrected chi connectivity index (χ0v) is 8.06. The van der Waals surface area contributed by atoms with E-state index in [1.165, 1.54) is 13.3 Å². The fraction of sp³-hybridized carbons (Fsp3) is 0.444. The number of hydrogen-bond acceptors (Lipinski definition) is 5. The van der Waals surface area contributed by atoms with Crippen molar-refractivity contribution in [2.24, 2.45) is 0 Å². The Labute approximate surface area is 81.6 Å². The zero-order valence-electron chi connectivity index (χ0n) is 8.06. The van der Waals surface area contributed by atoms with Crippen LogP contribution in [-0.2, 0) is 11.3 Å². The third kappa shape index (κ3) is 1.84. The predicted molar refractivity (Wildman–Crippen MR) is 48.5 cm³/mol. The fourth-order valence-electron chi connectivity index (χ4n) is 1.17. The molecule has 0 fully saturated rings. The number of aromatic hydroxyl groups is 1. The molecule has 0 radical (unpaired) electrons. The van der Waals surface area contributed by atoms with Gasteiger partial charge < -0.3 is 20.1 Å². The normalized spacial score (nSPS) is 12.9. The van der Waals surface area contributed by atoms with Crippen LogP contribution in [0.4, 0.5) is 0 Å². The Morgan fingerprint density at radius 2 is 2.21 bits per heavy atom. The molecule has 0 saturated heterocycles. The summed E-state index contributed by atoms with van der Waals surface area (Å²) >= 11 is 0. The van der Waals surface area contributed by atoms with Crippen LogP contribution >= 0.6 is 0 Å². The number of rotatable bonds is 3. The second-order valence-corrected chi connectivity index (χ2v) is 2.88. The van der Waals surface area contributed by atoms with E-state index in [1.807, 2.05) is 0 Å². The van der Waals surface area contributed by atoms with Gasteiger partial charge in [-0.2, -0.15) is 0 Å². The Kier molecular flexibility index (Phi) is 3.40. The van der Waals surface area contributed by atoms with E-state index in [0.717, 1.165) is 0 Å². The predicted octanol–water partition coefficient (Wildman–Crippen LogP) is 0.225. The van der Waals surface area contributed by atoms with Crippen molar-refractivity contribution >= 4 is 0 Å². The molecule has 0 aromatic carbocycles. The van der Waals surface area contributed by atoms with E-state index >= 15 is 0 Å². The van der Waals surface area contributed by atoms with Crippen molar-refractivity contribution in [3.05, 3.63) is 23.0 Å². The molecule has 1 rings (SSSR count). The highest BCUT2D eigenvalue weighted by atomic mass is 16.6. The smallest absolute Gasteiger partial charge is 0.184 e. The van der Waals surface area contributed by atoms with Crippen LogP contribution in [0.2, 0.25) is 0 Å². The van der Waals surface area contributed by atoms with Crippen LogP contribution in [0.1, 0.15) is 23.1 Å². The number of aromatic nitrogens is 1. The molecule has 5 heteroatoms. The molecule has 78 valence electrons. The third-order valence-corrected chi connectivity index (χ3v) is 2.00. The van der Waals surface area contributed by atoms with Crippen molar-refractivity contribution in [3.8, 4) is 5.75 Å². The first kappa shape index (κ1) is 10.9. The van der Waals surface area contributed by atoms with E-state index in [1.54, 1.807) is 6.92 Å². The lowest BCUT2D eigenvalue weighted by Crippen LogP contribution is -2.06. The van der Waals surface area contributed by atoms with Gasteiger partial charge in [-0.3, -0.25) is 4.98 Å². The van der Waals surface area contributed by atoms with Crippen molar-refractivity contribution in [3.63, 3.8) is 0 Å². The Bertz CT molecular complexity index is 327. The van der Waals surface area contributed by atoms with Gasteiger partial charge in [0.15, 0.2) is 6.29 Å². The van der Waals surface area contributed by atoms with Gasteiger partial charge in [-0.25, -0.2) is 0 Å². The van der Waals surface area contributed by atoms with Crippen LogP contribution in [0.5, 0.6) is 5.75 Å². The molecule has 0 spiro atoms. The summed E-state index contributed by atoms with van der Waals surface area (Å²) in [7, 11) is 1.31. The van der Waals surface area contributed by atoms with Crippen molar-refractivity contribution < 1.29 is 20.1 Å². The Morgan fingerprint density at radius 1 is 1.57 bits per heavy atom. The lowest BCUT2D eigenvalue weighted by atomic mass is 10.1. The number of hydrogen-bond donors (Lipinski definition) is 3. The number of pyridine rings is 1. The van der Waals surface area contributed by atoms with Gasteiger partial charge in [-0.05, 0) is 6.92 Å². The van der Waals surface area contributed by atoms with Crippen LogP contribution in [0.25, 0.3) is 0 Å². The molecule has 1 aromatic rings. The minimum Gasteiger partial charge on any atom is -0.506 e. The van der Waals surface area contributed by atoms with Crippen LogP contribution in [0, 0.1) is 6.92 Å². The fourth-order valence-corrected chi connectivity index (χ4v) is 1.17. The molecule has 1 heterocycles. The number of methoxy groups -OCH3 is 1. The standard InChI is InChI=1S/C9H13NO4/c1-5-8(12)7(9(13)14-2)6(4-11)3-10-5/h3,9,11-13H,4H2,1-2H3. The monoisotopic (exact) mass is 199 g/mol. The molecule has 0 amide bonds. The molecule has 1 aromatic heterocycles. The minimum atomic E-state index is -1.25. The maximum atomic E-state index is 9.60. The molecule has 0 aliphatic carbocycles. The van der Waals surface area contributed by atoms with Gasteiger partial charge in [0, 0.05) is 18.9 Å². The topological polar surface area (TPSA) is 82.8 Å². The highest BCUT2D eigenvalue weighted by Crippen LogP contribution is 2.29. The molecule has 1 unspecified atom stereocenters. The zero-order chi connectivity index (χ0) is 10.7. The molecule has 0 bridgehead atoms. The molecular formula is C9H13NO4. The molecule has 3 N–H and O–H groups in total. The minimum absolute atomic E-state index is 0.147. The highest BCUT2D eigenvalue weighted by molar-refractivity contribution is 5.41. The van der Waals surface area contributed by atoms with E-state index < -0.39 is 6.29 Å². The average molecular weight is 199 g/mol. The summed E-state index contributed by atoms with van der Waals surface area (Å²) in [5, 5.41) is 28.0. The van der Waals surface area contributed by atoms with Crippen LogP contribution in [0.15, 0.2) is 6.20 Å². The second kappa shape index (κ2) is 4.36. The summed E-state index contributed by atoms with van der Waals surface area (Å²) in [5.74, 6) is -0.147. The first-order chi connectivity index (χ1) is 6.61. The summed E-state index contributed by atoms with van der Waals surface area (Å²) in [4.78, 5) is 3.85. The first-order valence-electron chi connectivity index (χ1n) is 4.10. The van der Waals surface area contributed by atoms with Gasteiger partial charge in [0.25, 0.3) is 0 Å².